The maximum atomic E-state index is 10.3. The Morgan fingerprint density at radius 3 is 1.62 bits per heavy atom. The fourth-order valence-electron chi connectivity index (χ4n) is 4.05. The normalized spacial score (nSPS) is 11.3. The van der Waals surface area contributed by atoms with Crippen LogP contribution >= 0.6 is 22.7 Å². The highest BCUT2D eigenvalue weighted by Gasteiger charge is 2.30. The zero-order valence-electron chi connectivity index (χ0n) is 18.8. The van der Waals surface area contributed by atoms with Crippen LogP contribution < -0.4 is 11.5 Å². The van der Waals surface area contributed by atoms with Crippen LogP contribution in [0.2, 0.25) is 0 Å². The molecule has 0 unspecified atom stereocenters. The summed E-state index contributed by atoms with van der Waals surface area (Å²) in [6.45, 7) is 4.12. The van der Waals surface area contributed by atoms with Crippen molar-refractivity contribution in [1.29, 1.82) is 0 Å². The lowest BCUT2D eigenvalue weighted by Gasteiger charge is -2.18. The molecule has 0 saturated carbocycles. The second kappa shape index (κ2) is 8.93. The van der Waals surface area contributed by atoms with Crippen molar-refractivity contribution in [3.63, 3.8) is 0 Å². The number of nitrogens with two attached hydrogens (primary N) is 2. The van der Waals surface area contributed by atoms with E-state index in [0.29, 0.717) is 10.3 Å². The number of hydrogen-bond donors (Lipinski definition) is 3. The van der Waals surface area contributed by atoms with Gasteiger partial charge < -0.3 is 16.6 Å². The predicted molar refractivity (Wildman–Crippen MR) is 142 cm³/mol. The largest absolute Gasteiger partial charge is 0.508 e. The molecule has 0 spiro atoms. The number of rotatable bonds is 5. The lowest BCUT2D eigenvalue weighted by molar-refractivity contribution is 0.474. The average Bonchev–Trinajstić information content (AvgIpc) is 3.38. The third-order valence-corrected chi connectivity index (χ3v) is 7.62. The van der Waals surface area contributed by atoms with Crippen molar-refractivity contribution in [2.24, 2.45) is 0 Å². The van der Waals surface area contributed by atoms with Gasteiger partial charge in [-0.15, -0.1) is 22.7 Å². The van der Waals surface area contributed by atoms with E-state index in [-0.39, 0.29) is 11.7 Å². The molecular formula is C27H24N4OS2. The van der Waals surface area contributed by atoms with Gasteiger partial charge >= 0.3 is 0 Å². The number of phenolic OH excluding ortho intramolecular Hbond substituents is 1. The maximum Gasteiger partial charge on any atom is 0.180 e. The van der Waals surface area contributed by atoms with E-state index in [1.807, 2.05) is 12.1 Å². The number of phenols is 1. The van der Waals surface area contributed by atoms with Gasteiger partial charge in [0.05, 0.1) is 17.3 Å². The fraction of sp³-hybridized carbons (Fsp3) is 0.111. The average molecular weight is 485 g/mol. The summed E-state index contributed by atoms with van der Waals surface area (Å²) in [5.41, 5.74) is 19.5. The standard InChI is InChI=1S/C27H24N4OS2/c1-15-6-10-17(11-7-15)22-24(33-26(28)30-22)21(19-4-3-5-20(32)14-19)25-23(31-27(29)34-25)18-12-8-16(2)9-13-18/h3-14,21,32H,1-2H3,(H2,28,30)(H2,29,31). The van der Waals surface area contributed by atoms with Crippen LogP contribution in [0.3, 0.4) is 0 Å². The second-order valence-electron chi connectivity index (χ2n) is 8.29. The van der Waals surface area contributed by atoms with E-state index in [0.717, 1.165) is 37.8 Å². The molecule has 0 bridgehead atoms. The summed E-state index contributed by atoms with van der Waals surface area (Å²) in [6.07, 6.45) is 0. The van der Waals surface area contributed by atoms with Crippen molar-refractivity contribution in [2.45, 2.75) is 19.8 Å². The minimum atomic E-state index is -0.246. The van der Waals surface area contributed by atoms with Crippen molar-refractivity contribution in [3.05, 3.63) is 99.2 Å². The molecule has 7 heteroatoms. The minimum Gasteiger partial charge on any atom is -0.508 e. The Hall–Kier alpha value is -3.68. The van der Waals surface area contributed by atoms with E-state index in [4.69, 9.17) is 21.4 Å². The van der Waals surface area contributed by atoms with Gasteiger partial charge in [-0.25, -0.2) is 9.97 Å². The molecule has 0 aliphatic carbocycles. The zero-order valence-corrected chi connectivity index (χ0v) is 20.5. The number of nitrogens with zero attached hydrogens (tertiary/aromatic N) is 2. The maximum absolute atomic E-state index is 10.3. The minimum absolute atomic E-state index is 0.200. The summed E-state index contributed by atoms with van der Waals surface area (Å²) in [7, 11) is 0. The van der Waals surface area contributed by atoms with E-state index in [9.17, 15) is 5.11 Å². The van der Waals surface area contributed by atoms with E-state index in [1.165, 1.54) is 33.8 Å². The molecule has 34 heavy (non-hydrogen) atoms. The van der Waals surface area contributed by atoms with Crippen molar-refractivity contribution >= 4 is 32.9 Å². The highest BCUT2D eigenvalue weighted by atomic mass is 32.1. The molecule has 0 fully saturated rings. The Morgan fingerprint density at radius 1 is 0.706 bits per heavy atom. The van der Waals surface area contributed by atoms with Crippen LogP contribution in [0.5, 0.6) is 5.75 Å². The van der Waals surface area contributed by atoms with Gasteiger partial charge in [0.2, 0.25) is 0 Å². The molecule has 0 aliphatic heterocycles. The number of nitrogen functional groups attached to an aromatic ring is 2. The third kappa shape index (κ3) is 4.27. The molecule has 5 nitrogen and oxygen atoms in total. The number of aryl methyl sites for hydroxylation is 2. The summed E-state index contributed by atoms with van der Waals surface area (Å²) in [5.74, 6) is -0.0458. The van der Waals surface area contributed by atoms with Gasteiger partial charge in [0.25, 0.3) is 0 Å². The number of anilines is 2. The molecule has 3 aromatic carbocycles. The van der Waals surface area contributed by atoms with Crippen molar-refractivity contribution < 1.29 is 5.11 Å². The van der Waals surface area contributed by atoms with Crippen LogP contribution in [-0.2, 0) is 0 Å². The van der Waals surface area contributed by atoms with Crippen LogP contribution in [0, 0.1) is 13.8 Å². The number of hydrogen-bond acceptors (Lipinski definition) is 7. The lowest BCUT2D eigenvalue weighted by Crippen LogP contribution is -2.03. The first kappa shape index (κ1) is 22.1. The summed E-state index contributed by atoms with van der Waals surface area (Å²) >= 11 is 2.91. The first-order chi connectivity index (χ1) is 16.4. The van der Waals surface area contributed by atoms with Crippen molar-refractivity contribution in [2.75, 3.05) is 11.5 Å². The molecule has 0 atom stereocenters. The highest BCUT2D eigenvalue weighted by Crippen LogP contribution is 2.47. The topological polar surface area (TPSA) is 98.0 Å². The highest BCUT2D eigenvalue weighted by molar-refractivity contribution is 7.17. The van der Waals surface area contributed by atoms with E-state index in [1.54, 1.807) is 12.1 Å². The first-order valence-electron chi connectivity index (χ1n) is 10.8. The van der Waals surface area contributed by atoms with Crippen molar-refractivity contribution in [1.82, 2.24) is 9.97 Å². The van der Waals surface area contributed by atoms with E-state index >= 15 is 0 Å². The molecular weight excluding hydrogens is 460 g/mol. The summed E-state index contributed by atoms with van der Waals surface area (Å²) in [4.78, 5) is 11.4. The van der Waals surface area contributed by atoms with Crippen LogP contribution in [0.4, 0.5) is 10.3 Å². The van der Waals surface area contributed by atoms with Crippen LogP contribution in [0.15, 0.2) is 72.8 Å². The van der Waals surface area contributed by atoms with Gasteiger partial charge in [0.15, 0.2) is 10.3 Å². The Balaban J connectivity index is 1.76. The van der Waals surface area contributed by atoms with Gasteiger partial charge in [-0.2, -0.15) is 0 Å². The predicted octanol–water partition coefficient (Wildman–Crippen LogP) is 6.60. The third-order valence-electron chi connectivity index (χ3n) is 5.72. The first-order valence-corrected chi connectivity index (χ1v) is 12.5. The molecule has 0 aliphatic rings. The van der Waals surface area contributed by atoms with Crippen molar-refractivity contribution in [3.8, 4) is 28.3 Å². The van der Waals surface area contributed by atoms with E-state index < -0.39 is 0 Å². The zero-order chi connectivity index (χ0) is 23.8. The summed E-state index contributed by atoms with van der Waals surface area (Å²) in [5, 5.41) is 11.3. The quantitative estimate of drug-likeness (QED) is 0.261. The number of benzene rings is 3. The number of aromatic hydroxyl groups is 1. The van der Waals surface area contributed by atoms with Crippen LogP contribution in [-0.4, -0.2) is 15.1 Å². The molecule has 0 radical (unpaired) electrons. The molecule has 0 saturated heterocycles. The Labute approximate surface area is 206 Å². The molecule has 5 rings (SSSR count). The summed E-state index contributed by atoms with van der Waals surface area (Å²) in [6, 6.07) is 23.9. The van der Waals surface area contributed by atoms with E-state index in [2.05, 4.69) is 62.4 Å². The molecule has 5 N–H and O–H groups in total. The summed E-state index contributed by atoms with van der Waals surface area (Å²) < 4.78 is 0. The smallest absolute Gasteiger partial charge is 0.180 e. The molecule has 0 amide bonds. The number of thiazole rings is 2. The van der Waals surface area contributed by atoms with Gasteiger partial charge in [-0.3, -0.25) is 0 Å². The van der Waals surface area contributed by atoms with Gasteiger partial charge in [-0.1, -0.05) is 71.8 Å². The SMILES string of the molecule is Cc1ccc(-c2nc(N)sc2C(c2cccc(O)c2)c2sc(N)nc2-c2ccc(C)cc2)cc1. The second-order valence-corrected chi connectivity index (χ2v) is 10.4. The van der Waals surface area contributed by atoms with Gasteiger partial charge in [-0.05, 0) is 31.5 Å². The number of aromatic nitrogens is 2. The monoisotopic (exact) mass is 484 g/mol. The Morgan fingerprint density at radius 2 is 1.18 bits per heavy atom. The van der Waals surface area contributed by atoms with Gasteiger partial charge in [0, 0.05) is 20.9 Å². The molecule has 5 aromatic rings. The van der Waals surface area contributed by atoms with Crippen LogP contribution in [0.1, 0.15) is 32.4 Å². The van der Waals surface area contributed by atoms with Gasteiger partial charge in [0.1, 0.15) is 5.75 Å². The molecule has 170 valence electrons. The van der Waals surface area contributed by atoms with Crippen LogP contribution in [0.25, 0.3) is 22.5 Å². The molecule has 2 heterocycles. The molecule has 2 aromatic heterocycles. The Bertz CT molecular complexity index is 1360. The fourth-order valence-corrected chi connectivity index (χ4v) is 6.12. The Kier molecular flexibility index (Phi) is 5.81. The lowest BCUT2D eigenvalue weighted by atomic mass is 9.90.